The number of amides is 1. The molecule has 0 saturated heterocycles. The standard InChI is InChI=1S/C26H23ClF2N2O2/c1-31(15-21-22(27)4-3-5-23(21)29)25(32)13-11-19-20-14-17(28)8-12-24(20)30-26(19)16-6-9-18(33-2)10-7-16/h3-10,12,14,30H,11,13,15H2,1-2H3. The zero-order valence-electron chi connectivity index (χ0n) is 18.3. The second kappa shape index (κ2) is 9.63. The molecular weight excluding hydrogens is 446 g/mol. The van der Waals surface area contributed by atoms with Gasteiger partial charge in [-0.3, -0.25) is 4.79 Å². The van der Waals surface area contributed by atoms with Crippen molar-refractivity contribution >= 4 is 28.4 Å². The fourth-order valence-corrected chi connectivity index (χ4v) is 4.14. The number of aryl methyl sites for hydroxylation is 1. The Labute approximate surface area is 195 Å². The second-order valence-electron chi connectivity index (χ2n) is 7.85. The topological polar surface area (TPSA) is 45.3 Å². The number of aromatic nitrogens is 1. The average Bonchev–Trinajstić information content (AvgIpc) is 3.17. The Morgan fingerprint density at radius 2 is 1.82 bits per heavy atom. The van der Waals surface area contributed by atoms with Gasteiger partial charge in [0.25, 0.3) is 0 Å². The monoisotopic (exact) mass is 468 g/mol. The third kappa shape index (κ3) is 4.86. The molecule has 170 valence electrons. The minimum Gasteiger partial charge on any atom is -0.497 e. The molecular formula is C26H23ClF2N2O2. The van der Waals surface area contributed by atoms with Gasteiger partial charge in [0, 0.05) is 47.2 Å². The highest BCUT2D eigenvalue weighted by molar-refractivity contribution is 6.31. The van der Waals surface area contributed by atoms with Crippen molar-refractivity contribution in [3.63, 3.8) is 0 Å². The summed E-state index contributed by atoms with van der Waals surface area (Å²) in [5, 5.41) is 1.01. The molecule has 4 aromatic rings. The number of nitrogens with one attached hydrogen (secondary N) is 1. The molecule has 0 fully saturated rings. The predicted molar refractivity (Wildman–Crippen MR) is 126 cm³/mol. The summed E-state index contributed by atoms with van der Waals surface area (Å²) in [4.78, 5) is 17.7. The largest absolute Gasteiger partial charge is 0.497 e. The zero-order chi connectivity index (χ0) is 23.5. The average molecular weight is 469 g/mol. The van der Waals surface area contributed by atoms with Crippen LogP contribution in [0.4, 0.5) is 8.78 Å². The van der Waals surface area contributed by atoms with Crippen molar-refractivity contribution in [2.75, 3.05) is 14.2 Å². The zero-order valence-corrected chi connectivity index (χ0v) is 19.0. The minimum absolute atomic E-state index is 0.0676. The van der Waals surface area contributed by atoms with E-state index in [-0.39, 0.29) is 35.3 Å². The molecule has 1 heterocycles. The minimum atomic E-state index is -0.448. The van der Waals surface area contributed by atoms with Crippen molar-refractivity contribution in [3.8, 4) is 17.0 Å². The molecule has 0 unspecified atom stereocenters. The van der Waals surface area contributed by atoms with Crippen LogP contribution in [0.1, 0.15) is 17.5 Å². The maximum Gasteiger partial charge on any atom is 0.222 e. The van der Waals surface area contributed by atoms with Crippen LogP contribution in [0.15, 0.2) is 60.7 Å². The number of hydrogen-bond donors (Lipinski definition) is 1. The van der Waals surface area contributed by atoms with Gasteiger partial charge in [-0.1, -0.05) is 17.7 Å². The van der Waals surface area contributed by atoms with Gasteiger partial charge in [0.1, 0.15) is 17.4 Å². The summed E-state index contributed by atoms with van der Waals surface area (Å²) in [5.41, 5.74) is 3.65. The van der Waals surface area contributed by atoms with E-state index in [0.717, 1.165) is 33.5 Å². The highest BCUT2D eigenvalue weighted by Crippen LogP contribution is 2.33. The van der Waals surface area contributed by atoms with Gasteiger partial charge in [-0.25, -0.2) is 8.78 Å². The summed E-state index contributed by atoms with van der Waals surface area (Å²) >= 11 is 6.10. The molecule has 1 N–H and O–H groups in total. The number of H-pyrrole nitrogens is 1. The molecule has 0 atom stereocenters. The van der Waals surface area contributed by atoms with Gasteiger partial charge in [-0.05, 0) is 72.1 Å². The number of nitrogens with zero attached hydrogens (tertiary/aromatic N) is 1. The molecule has 0 bridgehead atoms. The Morgan fingerprint density at radius 1 is 1.06 bits per heavy atom. The molecule has 1 aromatic heterocycles. The lowest BCUT2D eigenvalue weighted by Gasteiger charge is -2.18. The first-order valence-electron chi connectivity index (χ1n) is 10.5. The highest BCUT2D eigenvalue weighted by atomic mass is 35.5. The van der Waals surface area contributed by atoms with E-state index in [0.29, 0.717) is 6.42 Å². The lowest BCUT2D eigenvalue weighted by Crippen LogP contribution is -2.27. The lowest BCUT2D eigenvalue weighted by molar-refractivity contribution is -0.130. The van der Waals surface area contributed by atoms with Crippen molar-refractivity contribution in [1.82, 2.24) is 9.88 Å². The molecule has 0 radical (unpaired) electrons. The maximum atomic E-state index is 14.1. The van der Waals surface area contributed by atoms with E-state index >= 15 is 0 Å². The van der Waals surface area contributed by atoms with Gasteiger partial charge >= 0.3 is 0 Å². The first-order valence-corrected chi connectivity index (χ1v) is 10.9. The Hall–Kier alpha value is -3.38. The first-order chi connectivity index (χ1) is 15.9. The summed E-state index contributed by atoms with van der Waals surface area (Å²) < 4.78 is 33.4. The van der Waals surface area contributed by atoms with E-state index in [1.54, 1.807) is 26.3 Å². The summed E-state index contributed by atoms with van der Waals surface area (Å²) in [5.74, 6) is -0.232. The second-order valence-corrected chi connectivity index (χ2v) is 8.25. The van der Waals surface area contributed by atoms with E-state index in [4.69, 9.17) is 16.3 Å². The quantitative estimate of drug-likeness (QED) is 0.342. The Morgan fingerprint density at radius 3 is 2.52 bits per heavy atom. The van der Waals surface area contributed by atoms with Crippen molar-refractivity contribution in [3.05, 3.63) is 88.4 Å². The summed E-state index contributed by atoms with van der Waals surface area (Å²) in [6, 6.07) is 16.5. The van der Waals surface area contributed by atoms with Crippen LogP contribution in [-0.4, -0.2) is 29.9 Å². The van der Waals surface area contributed by atoms with Gasteiger partial charge in [0.05, 0.1) is 7.11 Å². The Kier molecular flexibility index (Phi) is 6.65. The fourth-order valence-electron chi connectivity index (χ4n) is 3.92. The van der Waals surface area contributed by atoms with Crippen molar-refractivity contribution in [1.29, 1.82) is 0 Å². The van der Waals surface area contributed by atoms with E-state index < -0.39 is 5.82 Å². The molecule has 0 aliphatic carbocycles. The first kappa shape index (κ1) is 22.8. The van der Waals surface area contributed by atoms with Gasteiger partial charge in [-0.15, -0.1) is 0 Å². The van der Waals surface area contributed by atoms with Gasteiger partial charge < -0.3 is 14.6 Å². The molecule has 1 amide bonds. The SMILES string of the molecule is COc1ccc(-c2[nH]c3ccc(F)cc3c2CCC(=O)N(C)Cc2c(F)cccc2Cl)cc1. The highest BCUT2D eigenvalue weighted by Gasteiger charge is 2.18. The van der Waals surface area contributed by atoms with Crippen LogP contribution in [-0.2, 0) is 17.8 Å². The van der Waals surface area contributed by atoms with Crippen molar-refractivity contribution in [2.45, 2.75) is 19.4 Å². The number of methoxy groups -OCH3 is 1. The molecule has 0 spiro atoms. The van der Waals surface area contributed by atoms with Crippen molar-refractivity contribution in [2.24, 2.45) is 0 Å². The molecule has 4 rings (SSSR count). The summed E-state index contributed by atoms with van der Waals surface area (Å²) in [6.45, 7) is 0.0676. The summed E-state index contributed by atoms with van der Waals surface area (Å²) in [7, 11) is 3.22. The number of halogens is 3. The molecule has 33 heavy (non-hydrogen) atoms. The predicted octanol–water partition coefficient (Wildman–Crippen LogP) is 6.37. The number of aromatic amines is 1. The van der Waals surface area contributed by atoms with Crippen LogP contribution >= 0.6 is 11.6 Å². The molecule has 0 aliphatic rings. The van der Waals surface area contributed by atoms with Gasteiger partial charge in [0.15, 0.2) is 0 Å². The number of carbonyl (C=O) groups excluding carboxylic acids is 1. The molecule has 4 nitrogen and oxygen atoms in total. The normalized spacial score (nSPS) is 11.1. The number of hydrogen-bond acceptors (Lipinski definition) is 2. The third-order valence-corrected chi connectivity index (χ3v) is 6.07. The van der Waals surface area contributed by atoms with Crippen LogP contribution in [0.25, 0.3) is 22.2 Å². The van der Waals surface area contributed by atoms with E-state index in [1.165, 1.54) is 29.2 Å². The van der Waals surface area contributed by atoms with Crippen LogP contribution in [0, 0.1) is 11.6 Å². The van der Waals surface area contributed by atoms with E-state index in [2.05, 4.69) is 4.98 Å². The van der Waals surface area contributed by atoms with Gasteiger partial charge in [-0.2, -0.15) is 0 Å². The van der Waals surface area contributed by atoms with Crippen molar-refractivity contribution < 1.29 is 18.3 Å². The third-order valence-electron chi connectivity index (χ3n) is 5.72. The number of benzene rings is 3. The smallest absolute Gasteiger partial charge is 0.222 e. The lowest BCUT2D eigenvalue weighted by atomic mass is 10.0. The number of ether oxygens (including phenoxy) is 1. The number of rotatable bonds is 7. The van der Waals surface area contributed by atoms with Gasteiger partial charge in [0.2, 0.25) is 5.91 Å². The van der Waals surface area contributed by atoms with Crippen LogP contribution in [0.3, 0.4) is 0 Å². The Bertz CT molecular complexity index is 1280. The molecule has 3 aromatic carbocycles. The Balaban J connectivity index is 1.59. The van der Waals surface area contributed by atoms with Crippen LogP contribution < -0.4 is 4.74 Å². The van der Waals surface area contributed by atoms with E-state index in [9.17, 15) is 13.6 Å². The molecule has 0 saturated carbocycles. The van der Waals surface area contributed by atoms with E-state index in [1.807, 2.05) is 24.3 Å². The molecule has 0 aliphatic heterocycles. The number of carbonyl (C=O) groups is 1. The number of fused-ring (bicyclic) bond motifs is 1. The van der Waals surface area contributed by atoms with Crippen LogP contribution in [0.5, 0.6) is 5.75 Å². The molecule has 7 heteroatoms. The summed E-state index contributed by atoms with van der Waals surface area (Å²) in [6.07, 6.45) is 0.564. The maximum absolute atomic E-state index is 14.1. The van der Waals surface area contributed by atoms with Crippen LogP contribution in [0.2, 0.25) is 5.02 Å². The fraction of sp³-hybridized carbons (Fsp3) is 0.192.